The number of aryl methyl sites for hydroxylation is 2. The Morgan fingerprint density at radius 3 is 2.38 bits per heavy atom. The van der Waals surface area contributed by atoms with Gasteiger partial charge in [0.25, 0.3) is 0 Å². The maximum atomic E-state index is 11.8. The van der Waals surface area contributed by atoms with Crippen LogP contribution in [0.2, 0.25) is 0 Å². The lowest BCUT2D eigenvalue weighted by Gasteiger charge is -2.31. The maximum Gasteiger partial charge on any atom is 0.229 e. The SMILES string of the molecule is Cc1cc(C)nc(NC2CCC(Oc3nc(N4CCOCC4)cc4ncc(NS(C)(=O)=O)cc34)CC2)n1. The number of nitrogens with one attached hydrogen (secondary N) is 2. The summed E-state index contributed by atoms with van der Waals surface area (Å²) in [5.41, 5.74) is 2.97. The fourth-order valence-electron chi connectivity index (χ4n) is 4.85. The van der Waals surface area contributed by atoms with Crippen LogP contribution in [0.3, 0.4) is 0 Å². The van der Waals surface area contributed by atoms with Gasteiger partial charge in [0.2, 0.25) is 21.9 Å². The number of aromatic nitrogens is 4. The van der Waals surface area contributed by atoms with E-state index in [1.807, 2.05) is 26.0 Å². The highest BCUT2D eigenvalue weighted by atomic mass is 32.2. The van der Waals surface area contributed by atoms with E-state index in [2.05, 4.69) is 29.9 Å². The van der Waals surface area contributed by atoms with Crippen molar-refractivity contribution >= 4 is 38.4 Å². The van der Waals surface area contributed by atoms with E-state index in [0.717, 1.165) is 62.2 Å². The Bertz CT molecular complexity index is 1350. The molecule has 3 aromatic rings. The molecule has 0 aromatic carbocycles. The summed E-state index contributed by atoms with van der Waals surface area (Å²) >= 11 is 0. The molecule has 3 aromatic heterocycles. The molecule has 1 saturated heterocycles. The summed E-state index contributed by atoms with van der Waals surface area (Å²) in [6, 6.07) is 5.89. The fraction of sp³-hybridized carbons (Fsp3) is 0.520. The second-order valence-electron chi connectivity index (χ2n) is 9.76. The number of nitrogens with zero attached hydrogens (tertiary/aromatic N) is 5. The number of hydrogen-bond acceptors (Lipinski definition) is 10. The summed E-state index contributed by atoms with van der Waals surface area (Å²) in [7, 11) is -3.44. The summed E-state index contributed by atoms with van der Waals surface area (Å²) in [6.07, 6.45) is 6.15. The molecule has 12 heteroatoms. The van der Waals surface area contributed by atoms with Crippen LogP contribution in [0, 0.1) is 13.8 Å². The second-order valence-corrected chi connectivity index (χ2v) is 11.5. The first-order valence-electron chi connectivity index (χ1n) is 12.6. The van der Waals surface area contributed by atoms with Crippen LogP contribution in [0.4, 0.5) is 17.5 Å². The van der Waals surface area contributed by atoms with Crippen LogP contribution in [-0.2, 0) is 14.8 Å². The number of fused-ring (bicyclic) bond motifs is 1. The molecule has 2 aliphatic rings. The largest absolute Gasteiger partial charge is 0.474 e. The van der Waals surface area contributed by atoms with Crippen molar-refractivity contribution in [2.24, 2.45) is 0 Å². The summed E-state index contributed by atoms with van der Waals surface area (Å²) in [5, 5.41) is 4.15. The summed E-state index contributed by atoms with van der Waals surface area (Å²) in [5.74, 6) is 1.92. The molecule has 2 fully saturated rings. The van der Waals surface area contributed by atoms with Crippen molar-refractivity contribution in [3.05, 3.63) is 35.8 Å². The molecule has 1 aliphatic heterocycles. The molecular formula is C25H33N7O4S. The standard InChI is InChI=1S/C25H33N7O4S/c1-16-12-17(2)28-25(27-16)29-18-4-6-20(7-5-18)36-24-21-13-19(31-37(3,33)34)15-26-22(21)14-23(30-24)32-8-10-35-11-9-32/h12-15,18,20,31H,4-11H2,1-3H3,(H,27,28,29). The molecule has 0 atom stereocenters. The Labute approximate surface area is 217 Å². The van der Waals surface area contributed by atoms with E-state index in [-0.39, 0.29) is 12.1 Å². The Hall–Kier alpha value is -3.25. The topological polar surface area (TPSA) is 131 Å². The predicted molar refractivity (Wildman–Crippen MR) is 143 cm³/mol. The number of pyridine rings is 2. The second kappa shape index (κ2) is 10.6. The van der Waals surface area contributed by atoms with Gasteiger partial charge in [0.05, 0.1) is 42.3 Å². The third kappa shape index (κ3) is 6.55. The molecular weight excluding hydrogens is 494 g/mol. The van der Waals surface area contributed by atoms with Gasteiger partial charge in [-0.3, -0.25) is 9.71 Å². The maximum absolute atomic E-state index is 11.8. The third-order valence-corrected chi connectivity index (χ3v) is 7.14. The van der Waals surface area contributed by atoms with Crippen LogP contribution in [0.25, 0.3) is 10.9 Å². The van der Waals surface area contributed by atoms with E-state index < -0.39 is 10.0 Å². The number of anilines is 3. The number of rotatable bonds is 7. The zero-order valence-electron chi connectivity index (χ0n) is 21.4. The van der Waals surface area contributed by atoms with Gasteiger partial charge in [0.1, 0.15) is 11.9 Å². The molecule has 4 heterocycles. The van der Waals surface area contributed by atoms with Gasteiger partial charge in [-0.1, -0.05) is 0 Å². The molecule has 0 radical (unpaired) electrons. The Morgan fingerprint density at radius 2 is 1.70 bits per heavy atom. The van der Waals surface area contributed by atoms with Gasteiger partial charge in [0, 0.05) is 36.6 Å². The first-order chi connectivity index (χ1) is 17.7. The summed E-state index contributed by atoms with van der Waals surface area (Å²) in [6.45, 7) is 6.70. The van der Waals surface area contributed by atoms with E-state index in [1.54, 1.807) is 6.07 Å². The van der Waals surface area contributed by atoms with Crippen molar-refractivity contribution in [3.8, 4) is 5.88 Å². The fourth-order valence-corrected chi connectivity index (χ4v) is 5.39. The quantitative estimate of drug-likeness (QED) is 0.472. The van der Waals surface area contributed by atoms with E-state index in [9.17, 15) is 8.42 Å². The lowest BCUT2D eigenvalue weighted by molar-refractivity contribution is 0.122. The van der Waals surface area contributed by atoms with Crippen LogP contribution < -0.4 is 19.7 Å². The molecule has 198 valence electrons. The molecule has 1 aliphatic carbocycles. The average molecular weight is 528 g/mol. The van der Waals surface area contributed by atoms with Crippen molar-refractivity contribution < 1.29 is 17.9 Å². The van der Waals surface area contributed by atoms with Crippen LogP contribution in [0.1, 0.15) is 37.1 Å². The van der Waals surface area contributed by atoms with E-state index in [1.165, 1.54) is 6.20 Å². The number of morpholine rings is 1. The zero-order chi connectivity index (χ0) is 26.0. The van der Waals surface area contributed by atoms with Crippen molar-refractivity contribution in [3.63, 3.8) is 0 Å². The predicted octanol–water partition coefficient (Wildman–Crippen LogP) is 3.05. The number of hydrogen-bond donors (Lipinski definition) is 2. The first-order valence-corrected chi connectivity index (χ1v) is 14.5. The lowest BCUT2D eigenvalue weighted by Crippen LogP contribution is -2.37. The molecule has 0 spiro atoms. The first kappa shape index (κ1) is 25.4. The van der Waals surface area contributed by atoms with E-state index in [0.29, 0.717) is 41.6 Å². The van der Waals surface area contributed by atoms with Crippen molar-refractivity contribution in [1.82, 2.24) is 19.9 Å². The third-order valence-electron chi connectivity index (χ3n) is 6.54. The molecule has 0 bridgehead atoms. The monoisotopic (exact) mass is 527 g/mol. The van der Waals surface area contributed by atoms with Crippen molar-refractivity contribution in [2.75, 3.05) is 47.5 Å². The highest BCUT2D eigenvalue weighted by Gasteiger charge is 2.25. The van der Waals surface area contributed by atoms with E-state index in [4.69, 9.17) is 14.5 Å². The van der Waals surface area contributed by atoms with Crippen molar-refractivity contribution in [2.45, 2.75) is 51.7 Å². The molecule has 37 heavy (non-hydrogen) atoms. The average Bonchev–Trinajstić information content (AvgIpc) is 2.84. The minimum Gasteiger partial charge on any atom is -0.474 e. The van der Waals surface area contributed by atoms with Gasteiger partial charge in [-0.2, -0.15) is 4.98 Å². The van der Waals surface area contributed by atoms with Crippen molar-refractivity contribution in [1.29, 1.82) is 0 Å². The molecule has 5 rings (SSSR count). The van der Waals surface area contributed by atoms with Gasteiger partial charge < -0.3 is 19.7 Å². The Morgan fingerprint density at radius 1 is 1.00 bits per heavy atom. The van der Waals surface area contributed by atoms with Gasteiger partial charge in [0.15, 0.2) is 0 Å². The zero-order valence-corrected chi connectivity index (χ0v) is 22.2. The molecule has 1 saturated carbocycles. The number of sulfonamides is 1. The lowest BCUT2D eigenvalue weighted by atomic mass is 9.93. The van der Waals surface area contributed by atoms with Crippen LogP contribution in [-0.4, -0.2) is 73.1 Å². The van der Waals surface area contributed by atoms with Gasteiger partial charge in [-0.15, -0.1) is 0 Å². The van der Waals surface area contributed by atoms with Crippen LogP contribution in [0.15, 0.2) is 24.4 Å². The number of ether oxygens (including phenoxy) is 2. The Balaban J connectivity index is 1.35. The minimum absolute atomic E-state index is 0.0135. The summed E-state index contributed by atoms with van der Waals surface area (Å²) < 4.78 is 38.0. The van der Waals surface area contributed by atoms with Crippen LogP contribution >= 0.6 is 0 Å². The highest BCUT2D eigenvalue weighted by molar-refractivity contribution is 7.92. The molecule has 0 unspecified atom stereocenters. The smallest absolute Gasteiger partial charge is 0.229 e. The van der Waals surface area contributed by atoms with Gasteiger partial charge in [-0.05, 0) is 51.7 Å². The normalized spacial score (nSPS) is 20.6. The highest BCUT2D eigenvalue weighted by Crippen LogP contribution is 2.33. The van der Waals surface area contributed by atoms with Gasteiger partial charge >= 0.3 is 0 Å². The van der Waals surface area contributed by atoms with Gasteiger partial charge in [-0.25, -0.2) is 18.4 Å². The molecule has 11 nitrogen and oxygen atoms in total. The Kier molecular flexibility index (Phi) is 7.29. The summed E-state index contributed by atoms with van der Waals surface area (Å²) in [4.78, 5) is 20.5. The minimum atomic E-state index is -3.44. The molecule has 2 N–H and O–H groups in total. The molecule has 0 amide bonds. The van der Waals surface area contributed by atoms with Crippen LogP contribution in [0.5, 0.6) is 5.88 Å². The van der Waals surface area contributed by atoms with E-state index >= 15 is 0 Å².